The SMILES string of the molecule is CCCCCCCCCCCCCC(=O)CCCN(CCO)CCO. The molecule has 0 aliphatic heterocycles. The molecule has 0 aliphatic rings. The second-order valence-electron chi connectivity index (χ2n) is 7.22. The second kappa shape index (κ2) is 19.9. The number of carbonyl (C=O) groups excluding carboxylic acids is 1. The van der Waals surface area contributed by atoms with Crippen molar-refractivity contribution in [3.63, 3.8) is 0 Å². The molecule has 0 fully saturated rings. The highest BCUT2D eigenvalue weighted by molar-refractivity contribution is 5.78. The average molecular weight is 358 g/mol. The minimum absolute atomic E-state index is 0.104. The lowest BCUT2D eigenvalue weighted by Gasteiger charge is -2.19. The van der Waals surface area contributed by atoms with Gasteiger partial charge < -0.3 is 10.2 Å². The van der Waals surface area contributed by atoms with Crippen LogP contribution in [0.2, 0.25) is 0 Å². The van der Waals surface area contributed by atoms with E-state index in [-0.39, 0.29) is 13.2 Å². The first-order valence-corrected chi connectivity index (χ1v) is 10.7. The summed E-state index contributed by atoms with van der Waals surface area (Å²) >= 11 is 0. The molecule has 0 rings (SSSR count). The van der Waals surface area contributed by atoms with Gasteiger partial charge in [-0.25, -0.2) is 0 Å². The van der Waals surface area contributed by atoms with E-state index < -0.39 is 0 Å². The van der Waals surface area contributed by atoms with Gasteiger partial charge in [-0.15, -0.1) is 0 Å². The standard InChI is InChI=1S/C21H43NO3/c1-2-3-4-5-6-7-8-9-10-11-12-14-21(25)15-13-16-22(17-19-23)18-20-24/h23-24H,2-20H2,1H3. The molecule has 0 aromatic rings. The molecule has 0 amide bonds. The number of Topliss-reactive ketones (excluding diaryl/α,β-unsaturated/α-hetero) is 1. The van der Waals surface area contributed by atoms with Gasteiger partial charge in [-0.3, -0.25) is 9.69 Å². The lowest BCUT2D eigenvalue weighted by Crippen LogP contribution is -2.31. The maximum atomic E-state index is 11.9. The van der Waals surface area contributed by atoms with Gasteiger partial charge in [-0.1, -0.05) is 71.1 Å². The van der Waals surface area contributed by atoms with Crippen LogP contribution in [0.5, 0.6) is 0 Å². The quantitative estimate of drug-likeness (QED) is 0.319. The van der Waals surface area contributed by atoms with Crippen molar-refractivity contribution in [1.29, 1.82) is 0 Å². The monoisotopic (exact) mass is 357 g/mol. The van der Waals surface area contributed by atoms with E-state index in [0.29, 0.717) is 25.3 Å². The van der Waals surface area contributed by atoms with Crippen LogP contribution in [0.1, 0.15) is 96.8 Å². The van der Waals surface area contributed by atoms with Crippen molar-refractivity contribution in [2.75, 3.05) is 32.8 Å². The number of hydrogen-bond acceptors (Lipinski definition) is 4. The van der Waals surface area contributed by atoms with Gasteiger partial charge in [-0.2, -0.15) is 0 Å². The minimum Gasteiger partial charge on any atom is -0.395 e. The number of hydrogen-bond donors (Lipinski definition) is 2. The van der Waals surface area contributed by atoms with Gasteiger partial charge in [0.25, 0.3) is 0 Å². The zero-order valence-electron chi connectivity index (χ0n) is 16.7. The lowest BCUT2D eigenvalue weighted by molar-refractivity contribution is -0.119. The zero-order chi connectivity index (χ0) is 18.6. The molecule has 0 aliphatic carbocycles. The molecule has 0 heterocycles. The highest BCUT2D eigenvalue weighted by Crippen LogP contribution is 2.12. The summed E-state index contributed by atoms with van der Waals surface area (Å²) in [6.07, 6.45) is 16.6. The summed E-state index contributed by atoms with van der Waals surface area (Å²) in [6.45, 7) is 4.40. The molecule has 2 N–H and O–H groups in total. The van der Waals surface area contributed by atoms with Gasteiger partial charge >= 0.3 is 0 Å². The molecule has 0 saturated carbocycles. The summed E-state index contributed by atoms with van der Waals surface area (Å²) < 4.78 is 0. The topological polar surface area (TPSA) is 60.8 Å². The third kappa shape index (κ3) is 18.1. The van der Waals surface area contributed by atoms with Crippen LogP contribution in [0.25, 0.3) is 0 Å². The average Bonchev–Trinajstić information content (AvgIpc) is 2.60. The molecular formula is C21H43NO3. The first kappa shape index (κ1) is 24.6. The van der Waals surface area contributed by atoms with Crippen LogP contribution in [0.15, 0.2) is 0 Å². The molecule has 4 nitrogen and oxygen atoms in total. The predicted molar refractivity (Wildman–Crippen MR) is 106 cm³/mol. The van der Waals surface area contributed by atoms with Crippen molar-refractivity contribution >= 4 is 5.78 Å². The first-order valence-electron chi connectivity index (χ1n) is 10.7. The molecule has 0 radical (unpaired) electrons. The third-order valence-electron chi connectivity index (χ3n) is 4.82. The maximum Gasteiger partial charge on any atom is 0.132 e. The van der Waals surface area contributed by atoms with Crippen LogP contribution in [0.4, 0.5) is 0 Å². The summed E-state index contributed by atoms with van der Waals surface area (Å²) in [4.78, 5) is 13.9. The van der Waals surface area contributed by atoms with Crippen LogP contribution >= 0.6 is 0 Å². The van der Waals surface area contributed by atoms with Gasteiger partial charge in [0.2, 0.25) is 0 Å². The Morgan fingerprint density at radius 3 is 1.56 bits per heavy atom. The highest BCUT2D eigenvalue weighted by Gasteiger charge is 2.06. The maximum absolute atomic E-state index is 11.9. The van der Waals surface area contributed by atoms with E-state index in [4.69, 9.17) is 10.2 Å². The molecule has 0 saturated heterocycles. The Hall–Kier alpha value is -0.450. The number of unbranched alkanes of at least 4 members (excludes halogenated alkanes) is 10. The summed E-state index contributed by atoms with van der Waals surface area (Å²) in [6, 6.07) is 0. The van der Waals surface area contributed by atoms with Gasteiger partial charge in [0.15, 0.2) is 0 Å². The first-order chi connectivity index (χ1) is 12.2. The van der Waals surface area contributed by atoms with Crippen LogP contribution in [-0.4, -0.2) is 53.7 Å². The van der Waals surface area contributed by atoms with Crippen LogP contribution in [-0.2, 0) is 4.79 Å². The summed E-state index contributed by atoms with van der Waals surface area (Å²) in [5.41, 5.74) is 0. The number of aliphatic hydroxyl groups excluding tert-OH is 2. The van der Waals surface area contributed by atoms with Gasteiger partial charge in [0.1, 0.15) is 5.78 Å². The normalized spacial score (nSPS) is 11.4. The Bertz CT molecular complexity index is 278. The second-order valence-corrected chi connectivity index (χ2v) is 7.22. The van der Waals surface area contributed by atoms with Crippen molar-refractivity contribution in [1.82, 2.24) is 4.90 Å². The van der Waals surface area contributed by atoms with Crippen molar-refractivity contribution < 1.29 is 15.0 Å². The number of nitrogens with zero attached hydrogens (tertiary/aromatic N) is 1. The Labute approximate surface area is 156 Å². The van der Waals surface area contributed by atoms with Gasteiger partial charge in [0.05, 0.1) is 13.2 Å². The predicted octanol–water partition coefficient (Wildman–Crippen LogP) is 4.32. The summed E-state index contributed by atoms with van der Waals surface area (Å²) in [5, 5.41) is 17.9. The number of carbonyl (C=O) groups is 1. The van der Waals surface area contributed by atoms with E-state index >= 15 is 0 Å². The van der Waals surface area contributed by atoms with Crippen LogP contribution in [0.3, 0.4) is 0 Å². The van der Waals surface area contributed by atoms with Gasteiger partial charge in [0, 0.05) is 25.9 Å². The highest BCUT2D eigenvalue weighted by atomic mass is 16.3. The van der Waals surface area contributed by atoms with E-state index in [1.54, 1.807) is 0 Å². The zero-order valence-corrected chi connectivity index (χ0v) is 16.7. The molecule has 0 aromatic heterocycles. The summed E-state index contributed by atoms with van der Waals surface area (Å²) in [7, 11) is 0. The van der Waals surface area contributed by atoms with Crippen LogP contribution in [0, 0.1) is 0 Å². The molecule has 25 heavy (non-hydrogen) atoms. The third-order valence-corrected chi connectivity index (χ3v) is 4.82. The van der Waals surface area contributed by atoms with Crippen molar-refractivity contribution in [3.05, 3.63) is 0 Å². The number of aliphatic hydroxyl groups is 2. The van der Waals surface area contributed by atoms with Crippen molar-refractivity contribution in [3.8, 4) is 0 Å². The van der Waals surface area contributed by atoms with Gasteiger partial charge in [-0.05, 0) is 19.4 Å². The Kier molecular flexibility index (Phi) is 19.5. The van der Waals surface area contributed by atoms with E-state index in [1.807, 2.05) is 4.90 Å². The molecule has 4 heteroatoms. The fourth-order valence-electron chi connectivity index (χ4n) is 3.23. The van der Waals surface area contributed by atoms with E-state index in [0.717, 1.165) is 25.8 Å². The van der Waals surface area contributed by atoms with Crippen molar-refractivity contribution in [2.45, 2.75) is 96.8 Å². The Morgan fingerprint density at radius 2 is 1.08 bits per heavy atom. The Balaban J connectivity index is 3.35. The van der Waals surface area contributed by atoms with Crippen molar-refractivity contribution in [2.24, 2.45) is 0 Å². The van der Waals surface area contributed by atoms with E-state index in [9.17, 15) is 4.79 Å². The molecule has 0 spiro atoms. The molecule has 0 aromatic carbocycles. The molecular weight excluding hydrogens is 314 g/mol. The smallest absolute Gasteiger partial charge is 0.132 e. The van der Waals surface area contributed by atoms with E-state index in [2.05, 4.69) is 6.92 Å². The summed E-state index contributed by atoms with van der Waals surface area (Å²) in [5.74, 6) is 0.365. The molecule has 0 atom stereocenters. The van der Waals surface area contributed by atoms with E-state index in [1.165, 1.54) is 64.2 Å². The Morgan fingerprint density at radius 1 is 0.640 bits per heavy atom. The minimum atomic E-state index is 0.104. The fraction of sp³-hybridized carbons (Fsp3) is 0.952. The number of ketones is 1. The largest absolute Gasteiger partial charge is 0.395 e. The molecule has 0 bridgehead atoms. The number of rotatable bonds is 20. The lowest BCUT2D eigenvalue weighted by atomic mass is 10.0. The van der Waals surface area contributed by atoms with Crippen LogP contribution < -0.4 is 0 Å². The fourth-order valence-corrected chi connectivity index (χ4v) is 3.23. The molecule has 0 unspecified atom stereocenters. The molecule has 150 valence electrons.